The molecule has 5 heteroatoms. The van der Waals surface area contributed by atoms with Crippen LogP contribution in [0.1, 0.15) is 11.1 Å². The zero-order chi connectivity index (χ0) is 14.1. The molecule has 1 N–H and O–H groups in total. The Hall–Kier alpha value is -2.17. The number of anilines is 1. The Bertz CT molecular complexity index is 685. The molecule has 1 unspecified atom stereocenters. The second kappa shape index (κ2) is 5.07. The van der Waals surface area contributed by atoms with Crippen molar-refractivity contribution < 1.29 is 9.90 Å². The van der Waals surface area contributed by atoms with Crippen LogP contribution in [0, 0.1) is 0 Å². The fourth-order valence-electron chi connectivity index (χ4n) is 2.14. The van der Waals surface area contributed by atoms with E-state index in [1.54, 1.807) is 12.1 Å². The number of aliphatic hydroxyl groups is 1. The van der Waals surface area contributed by atoms with E-state index in [-0.39, 0.29) is 0 Å². The average Bonchev–Trinajstić information content (AvgIpc) is 2.60. The van der Waals surface area contributed by atoms with Gasteiger partial charge in [0, 0.05) is 22.9 Å². The van der Waals surface area contributed by atoms with Crippen LogP contribution in [0.4, 0.5) is 5.69 Å². The Balaban J connectivity index is 2.24. The standard InChI is InChI=1S/C15H11ClN2O2/c16-18-12-9-5-4-8-11(12)13(17-14(19)15(18)20)10-6-2-1-3-7-10/h1-9,14,19H. The predicted octanol–water partition coefficient (Wildman–Crippen LogP) is 2.34. The van der Waals surface area contributed by atoms with Crippen LogP contribution in [0.15, 0.2) is 59.6 Å². The molecule has 0 spiro atoms. The Kier molecular flexibility index (Phi) is 3.26. The molecule has 4 nitrogen and oxygen atoms in total. The maximum absolute atomic E-state index is 11.9. The molecule has 0 aliphatic carbocycles. The van der Waals surface area contributed by atoms with Gasteiger partial charge in [0.25, 0.3) is 5.91 Å². The fraction of sp³-hybridized carbons (Fsp3) is 0.0667. The first-order chi connectivity index (χ1) is 9.68. The van der Waals surface area contributed by atoms with Crippen molar-refractivity contribution in [2.24, 2.45) is 4.99 Å². The fourth-order valence-corrected chi connectivity index (χ4v) is 2.37. The number of rotatable bonds is 1. The summed E-state index contributed by atoms with van der Waals surface area (Å²) in [6.07, 6.45) is -1.50. The minimum Gasteiger partial charge on any atom is -0.364 e. The molecule has 1 aliphatic heterocycles. The number of carbonyl (C=O) groups excluding carboxylic acids is 1. The average molecular weight is 287 g/mol. The highest BCUT2D eigenvalue weighted by molar-refractivity contribution is 6.39. The smallest absolute Gasteiger partial charge is 0.293 e. The summed E-state index contributed by atoms with van der Waals surface area (Å²) < 4.78 is 0.916. The van der Waals surface area contributed by atoms with Gasteiger partial charge < -0.3 is 5.11 Å². The van der Waals surface area contributed by atoms with Crippen LogP contribution in [0.2, 0.25) is 0 Å². The maximum Gasteiger partial charge on any atom is 0.293 e. The summed E-state index contributed by atoms with van der Waals surface area (Å²) in [6.45, 7) is 0. The molecule has 2 aromatic rings. The van der Waals surface area contributed by atoms with Crippen LogP contribution in [0.5, 0.6) is 0 Å². The van der Waals surface area contributed by atoms with Crippen molar-refractivity contribution in [2.45, 2.75) is 6.23 Å². The van der Waals surface area contributed by atoms with E-state index >= 15 is 0 Å². The molecule has 1 aliphatic rings. The number of benzodiazepines with no additional fused rings is 1. The van der Waals surface area contributed by atoms with Crippen molar-refractivity contribution >= 4 is 29.1 Å². The van der Waals surface area contributed by atoms with E-state index in [9.17, 15) is 9.90 Å². The van der Waals surface area contributed by atoms with E-state index in [1.807, 2.05) is 42.5 Å². The van der Waals surface area contributed by atoms with Gasteiger partial charge in [-0.15, -0.1) is 0 Å². The van der Waals surface area contributed by atoms with Gasteiger partial charge >= 0.3 is 0 Å². The van der Waals surface area contributed by atoms with E-state index in [2.05, 4.69) is 4.99 Å². The summed E-state index contributed by atoms with van der Waals surface area (Å²) in [5, 5.41) is 9.87. The first-order valence-corrected chi connectivity index (χ1v) is 6.43. The van der Waals surface area contributed by atoms with Crippen LogP contribution in [-0.2, 0) is 4.79 Å². The lowest BCUT2D eigenvalue weighted by Crippen LogP contribution is -2.30. The number of fused-ring (bicyclic) bond motifs is 1. The summed E-state index contributed by atoms with van der Waals surface area (Å²) >= 11 is 6.00. The molecule has 1 heterocycles. The van der Waals surface area contributed by atoms with Gasteiger partial charge in [0.2, 0.25) is 6.23 Å². The summed E-state index contributed by atoms with van der Waals surface area (Å²) in [5.74, 6) is -0.662. The minimum absolute atomic E-state index is 0.512. The van der Waals surface area contributed by atoms with E-state index in [4.69, 9.17) is 11.8 Å². The molecule has 100 valence electrons. The highest BCUT2D eigenvalue weighted by Gasteiger charge is 2.29. The molecule has 1 atom stereocenters. The topological polar surface area (TPSA) is 52.9 Å². The van der Waals surface area contributed by atoms with E-state index in [0.29, 0.717) is 17.0 Å². The number of amides is 1. The Morgan fingerprint density at radius 1 is 1.05 bits per heavy atom. The molecular formula is C15H11ClN2O2. The lowest BCUT2D eigenvalue weighted by Gasteiger charge is -2.15. The van der Waals surface area contributed by atoms with Gasteiger partial charge in [0.05, 0.1) is 11.4 Å². The summed E-state index contributed by atoms with van der Waals surface area (Å²) in [6, 6.07) is 16.5. The predicted molar refractivity (Wildman–Crippen MR) is 77.9 cm³/mol. The zero-order valence-corrected chi connectivity index (χ0v) is 11.2. The van der Waals surface area contributed by atoms with Gasteiger partial charge in [-0.3, -0.25) is 4.79 Å². The Morgan fingerprint density at radius 3 is 2.45 bits per heavy atom. The van der Waals surface area contributed by atoms with Gasteiger partial charge in [-0.2, -0.15) is 0 Å². The SMILES string of the molecule is O=C1C(O)N=C(c2ccccc2)c2ccccc2N1Cl. The Morgan fingerprint density at radius 2 is 1.70 bits per heavy atom. The molecule has 0 radical (unpaired) electrons. The van der Waals surface area contributed by atoms with Crippen molar-refractivity contribution in [1.29, 1.82) is 0 Å². The number of para-hydroxylation sites is 1. The molecule has 2 aromatic carbocycles. The highest BCUT2D eigenvalue weighted by Crippen LogP contribution is 2.29. The van der Waals surface area contributed by atoms with Crippen LogP contribution in [0.3, 0.4) is 0 Å². The van der Waals surface area contributed by atoms with Crippen LogP contribution >= 0.6 is 11.8 Å². The number of benzene rings is 2. The van der Waals surface area contributed by atoms with Crippen molar-refractivity contribution in [2.75, 3.05) is 4.42 Å². The number of aliphatic imine (C=N–C) groups is 1. The third-order valence-corrected chi connectivity index (χ3v) is 3.43. The van der Waals surface area contributed by atoms with Crippen molar-refractivity contribution in [1.82, 2.24) is 0 Å². The molecule has 0 saturated carbocycles. The molecule has 20 heavy (non-hydrogen) atoms. The number of aliphatic hydroxyl groups excluding tert-OH is 1. The van der Waals surface area contributed by atoms with Crippen molar-refractivity contribution in [3.8, 4) is 0 Å². The summed E-state index contributed by atoms with van der Waals surface area (Å²) in [5.41, 5.74) is 2.58. The Labute approximate surface area is 121 Å². The number of nitrogens with zero attached hydrogens (tertiary/aromatic N) is 2. The number of carbonyl (C=O) groups is 1. The molecular weight excluding hydrogens is 276 g/mol. The molecule has 0 bridgehead atoms. The largest absolute Gasteiger partial charge is 0.364 e. The zero-order valence-electron chi connectivity index (χ0n) is 10.4. The van der Waals surface area contributed by atoms with Gasteiger partial charge in [-0.1, -0.05) is 48.5 Å². The molecule has 0 aromatic heterocycles. The van der Waals surface area contributed by atoms with Crippen LogP contribution < -0.4 is 4.42 Å². The monoisotopic (exact) mass is 286 g/mol. The first kappa shape index (κ1) is 12.8. The van der Waals surface area contributed by atoms with Gasteiger partial charge in [0.1, 0.15) is 0 Å². The van der Waals surface area contributed by atoms with Gasteiger partial charge in [0.15, 0.2) is 0 Å². The third-order valence-electron chi connectivity index (χ3n) is 3.08. The molecule has 0 fully saturated rings. The van der Waals surface area contributed by atoms with Crippen molar-refractivity contribution in [3.63, 3.8) is 0 Å². The number of hydrogen-bond donors (Lipinski definition) is 1. The summed E-state index contributed by atoms with van der Waals surface area (Å²) in [4.78, 5) is 16.0. The van der Waals surface area contributed by atoms with E-state index < -0.39 is 12.1 Å². The van der Waals surface area contributed by atoms with Crippen LogP contribution in [-0.4, -0.2) is 23.0 Å². The van der Waals surface area contributed by atoms with Crippen LogP contribution in [0.25, 0.3) is 0 Å². The van der Waals surface area contributed by atoms with Gasteiger partial charge in [-0.25, -0.2) is 9.41 Å². The second-order valence-corrected chi connectivity index (χ2v) is 4.69. The molecule has 0 saturated heterocycles. The van der Waals surface area contributed by atoms with Gasteiger partial charge in [-0.05, 0) is 6.07 Å². The maximum atomic E-state index is 11.9. The number of halogens is 1. The summed E-state index contributed by atoms with van der Waals surface area (Å²) in [7, 11) is 0. The quantitative estimate of drug-likeness (QED) is 0.818. The second-order valence-electron chi connectivity index (χ2n) is 4.35. The lowest BCUT2D eigenvalue weighted by molar-refractivity contribution is -0.124. The molecule has 3 rings (SSSR count). The highest BCUT2D eigenvalue weighted by atomic mass is 35.5. The normalized spacial score (nSPS) is 18.3. The van der Waals surface area contributed by atoms with Crippen molar-refractivity contribution in [3.05, 3.63) is 65.7 Å². The minimum atomic E-state index is -1.50. The third kappa shape index (κ3) is 2.09. The molecule has 1 amide bonds. The first-order valence-electron chi connectivity index (χ1n) is 6.09. The number of hydrogen-bond acceptors (Lipinski definition) is 3. The lowest BCUT2D eigenvalue weighted by atomic mass is 10.0. The van der Waals surface area contributed by atoms with E-state index in [0.717, 1.165) is 9.98 Å². The van der Waals surface area contributed by atoms with E-state index in [1.165, 1.54) is 0 Å².